The van der Waals surface area contributed by atoms with Crippen LogP contribution in [0.2, 0.25) is 0 Å². The van der Waals surface area contributed by atoms with E-state index in [1.807, 2.05) is 6.92 Å². The van der Waals surface area contributed by atoms with Crippen molar-refractivity contribution >= 4 is 23.2 Å². The highest BCUT2D eigenvalue weighted by Crippen LogP contribution is 2.25. The number of carbonyl (C=O) groups excluding carboxylic acids is 2. The fourth-order valence-corrected chi connectivity index (χ4v) is 3.93. The van der Waals surface area contributed by atoms with Gasteiger partial charge in [0.2, 0.25) is 0 Å². The Kier molecular flexibility index (Phi) is 5.22. The number of thiazole rings is 1. The van der Waals surface area contributed by atoms with Crippen molar-refractivity contribution in [2.75, 3.05) is 13.1 Å². The molecule has 1 aliphatic rings. The Morgan fingerprint density at radius 2 is 2.24 bits per heavy atom. The third-order valence-electron chi connectivity index (χ3n) is 4.29. The smallest absolute Gasteiger partial charge is 0.289 e. The standard InChI is InChI=1S/C18H23N3O3S/c1-11(2)17-19-12(3)15(25-17)16(22)20-13-6-4-8-21(10-13)18(23)14-7-5-9-24-14/h5,7,9,11,13H,4,6,8,10H2,1-3H3,(H,20,22)/t13-/m1/s1. The maximum absolute atomic E-state index is 12.6. The number of piperidine rings is 1. The van der Waals surface area contributed by atoms with Gasteiger partial charge in [-0.05, 0) is 31.9 Å². The maximum Gasteiger partial charge on any atom is 0.289 e. The van der Waals surface area contributed by atoms with E-state index in [-0.39, 0.29) is 17.9 Å². The van der Waals surface area contributed by atoms with Crippen LogP contribution in [0.15, 0.2) is 22.8 Å². The van der Waals surface area contributed by atoms with Crippen LogP contribution in [0.25, 0.3) is 0 Å². The second-order valence-corrected chi connectivity index (χ2v) is 7.69. The summed E-state index contributed by atoms with van der Waals surface area (Å²) in [5.41, 5.74) is 0.769. The van der Waals surface area contributed by atoms with Gasteiger partial charge in [0.15, 0.2) is 5.76 Å². The predicted molar refractivity (Wildman–Crippen MR) is 96.0 cm³/mol. The average Bonchev–Trinajstić information content (AvgIpc) is 3.24. The number of furan rings is 1. The Labute approximate surface area is 151 Å². The summed E-state index contributed by atoms with van der Waals surface area (Å²) in [4.78, 5) is 31.9. The Balaban J connectivity index is 1.64. The zero-order chi connectivity index (χ0) is 18.0. The first kappa shape index (κ1) is 17.7. The minimum atomic E-state index is -0.125. The second kappa shape index (κ2) is 7.39. The summed E-state index contributed by atoms with van der Waals surface area (Å²) >= 11 is 1.45. The molecule has 1 saturated heterocycles. The van der Waals surface area contributed by atoms with Gasteiger partial charge in [0, 0.05) is 25.0 Å². The maximum atomic E-state index is 12.6. The lowest BCUT2D eigenvalue weighted by molar-refractivity contribution is 0.0647. The van der Waals surface area contributed by atoms with Crippen molar-refractivity contribution in [2.24, 2.45) is 0 Å². The van der Waals surface area contributed by atoms with Gasteiger partial charge >= 0.3 is 0 Å². The minimum absolute atomic E-state index is 0.0517. The lowest BCUT2D eigenvalue weighted by atomic mass is 10.1. The highest BCUT2D eigenvalue weighted by atomic mass is 32.1. The van der Waals surface area contributed by atoms with Crippen molar-refractivity contribution in [1.82, 2.24) is 15.2 Å². The summed E-state index contributed by atoms with van der Waals surface area (Å²) in [6.07, 6.45) is 3.22. The molecule has 0 bridgehead atoms. The Hall–Kier alpha value is -2.15. The third kappa shape index (κ3) is 3.92. The number of hydrogen-bond donors (Lipinski definition) is 1. The highest BCUT2D eigenvalue weighted by molar-refractivity contribution is 7.13. The van der Waals surface area contributed by atoms with Crippen molar-refractivity contribution in [2.45, 2.75) is 45.6 Å². The molecule has 0 unspecified atom stereocenters. The van der Waals surface area contributed by atoms with Crippen LogP contribution >= 0.6 is 11.3 Å². The van der Waals surface area contributed by atoms with Gasteiger partial charge in [0.25, 0.3) is 11.8 Å². The van der Waals surface area contributed by atoms with Crippen molar-refractivity contribution in [1.29, 1.82) is 0 Å². The van der Waals surface area contributed by atoms with Gasteiger partial charge in [-0.1, -0.05) is 13.8 Å². The van der Waals surface area contributed by atoms with E-state index in [9.17, 15) is 9.59 Å². The highest BCUT2D eigenvalue weighted by Gasteiger charge is 2.28. The molecular weight excluding hydrogens is 338 g/mol. The molecule has 3 heterocycles. The van der Waals surface area contributed by atoms with Gasteiger partial charge in [-0.3, -0.25) is 9.59 Å². The number of likely N-dealkylation sites (tertiary alicyclic amines) is 1. The first-order chi connectivity index (χ1) is 12.0. The van der Waals surface area contributed by atoms with Crippen molar-refractivity contribution in [3.05, 3.63) is 39.7 Å². The fraction of sp³-hybridized carbons (Fsp3) is 0.500. The predicted octanol–water partition coefficient (Wildman–Crippen LogP) is 3.20. The summed E-state index contributed by atoms with van der Waals surface area (Å²) < 4.78 is 5.19. The average molecular weight is 361 g/mol. The van der Waals surface area contributed by atoms with Crippen molar-refractivity contribution < 1.29 is 14.0 Å². The molecular formula is C18H23N3O3S. The van der Waals surface area contributed by atoms with Gasteiger partial charge in [-0.15, -0.1) is 11.3 Å². The SMILES string of the molecule is Cc1nc(C(C)C)sc1C(=O)N[C@@H]1CCCN(C(=O)c2ccco2)C1. The van der Waals surface area contributed by atoms with Gasteiger partial charge < -0.3 is 14.6 Å². The van der Waals surface area contributed by atoms with E-state index in [0.29, 0.717) is 29.6 Å². The molecule has 6 nitrogen and oxygen atoms in total. The summed E-state index contributed by atoms with van der Waals surface area (Å²) in [7, 11) is 0. The lowest BCUT2D eigenvalue weighted by Crippen LogP contribution is -2.49. The van der Waals surface area contributed by atoms with E-state index in [0.717, 1.165) is 23.5 Å². The number of nitrogens with one attached hydrogen (secondary N) is 1. The first-order valence-electron chi connectivity index (χ1n) is 8.56. The lowest BCUT2D eigenvalue weighted by Gasteiger charge is -2.32. The number of aryl methyl sites for hydroxylation is 1. The van der Waals surface area contributed by atoms with Crippen molar-refractivity contribution in [3.63, 3.8) is 0 Å². The van der Waals surface area contributed by atoms with Crippen LogP contribution in [-0.4, -0.2) is 40.8 Å². The monoisotopic (exact) mass is 361 g/mol. The number of rotatable bonds is 4. The van der Waals surface area contributed by atoms with Crippen molar-refractivity contribution in [3.8, 4) is 0 Å². The van der Waals surface area contributed by atoms with Crippen LogP contribution < -0.4 is 5.32 Å². The summed E-state index contributed by atoms with van der Waals surface area (Å²) in [5, 5.41) is 4.04. The first-order valence-corrected chi connectivity index (χ1v) is 9.38. The van der Waals surface area contributed by atoms with Crippen LogP contribution in [0.4, 0.5) is 0 Å². The van der Waals surface area contributed by atoms with Gasteiger partial charge in [-0.2, -0.15) is 0 Å². The molecule has 0 saturated carbocycles. The largest absolute Gasteiger partial charge is 0.459 e. The van der Waals surface area contributed by atoms with Gasteiger partial charge in [-0.25, -0.2) is 4.98 Å². The minimum Gasteiger partial charge on any atom is -0.459 e. The Morgan fingerprint density at radius 3 is 2.88 bits per heavy atom. The quantitative estimate of drug-likeness (QED) is 0.907. The van der Waals surface area contributed by atoms with Crippen LogP contribution in [-0.2, 0) is 0 Å². The third-order valence-corrected chi connectivity index (χ3v) is 5.75. The zero-order valence-corrected chi connectivity index (χ0v) is 15.6. The molecule has 0 aromatic carbocycles. The molecule has 1 aliphatic heterocycles. The molecule has 0 spiro atoms. The molecule has 7 heteroatoms. The molecule has 25 heavy (non-hydrogen) atoms. The Morgan fingerprint density at radius 1 is 1.44 bits per heavy atom. The van der Waals surface area contributed by atoms with Gasteiger partial charge in [0.1, 0.15) is 4.88 Å². The van der Waals surface area contributed by atoms with E-state index < -0.39 is 0 Å². The van der Waals surface area contributed by atoms with Crippen LogP contribution in [0.5, 0.6) is 0 Å². The van der Waals surface area contributed by atoms with E-state index in [4.69, 9.17) is 4.42 Å². The number of nitrogens with zero attached hydrogens (tertiary/aromatic N) is 2. The van der Waals surface area contributed by atoms with Crippen LogP contribution in [0.1, 0.15) is 63.5 Å². The Bertz CT molecular complexity index is 752. The second-order valence-electron chi connectivity index (χ2n) is 6.66. The zero-order valence-electron chi connectivity index (χ0n) is 14.7. The van der Waals surface area contributed by atoms with Gasteiger partial charge in [0.05, 0.1) is 17.0 Å². The molecule has 0 aliphatic carbocycles. The molecule has 3 rings (SSSR count). The van der Waals surface area contributed by atoms with E-state index >= 15 is 0 Å². The summed E-state index contributed by atoms with van der Waals surface area (Å²) in [6.45, 7) is 7.19. The number of amides is 2. The topological polar surface area (TPSA) is 75.4 Å². The fourth-order valence-electron chi connectivity index (χ4n) is 2.96. The molecule has 1 N–H and O–H groups in total. The van der Waals surface area contributed by atoms with Crippen LogP contribution in [0.3, 0.4) is 0 Å². The number of carbonyl (C=O) groups is 2. The molecule has 1 atom stereocenters. The van der Waals surface area contributed by atoms with E-state index in [2.05, 4.69) is 24.1 Å². The molecule has 2 aromatic rings. The molecule has 2 aromatic heterocycles. The van der Waals surface area contributed by atoms with E-state index in [1.165, 1.54) is 17.6 Å². The summed E-state index contributed by atoms with van der Waals surface area (Å²) in [5.74, 6) is 0.424. The molecule has 0 radical (unpaired) electrons. The molecule has 134 valence electrons. The van der Waals surface area contributed by atoms with E-state index in [1.54, 1.807) is 17.0 Å². The normalized spacial score (nSPS) is 17.8. The number of hydrogen-bond acceptors (Lipinski definition) is 5. The molecule has 1 fully saturated rings. The summed E-state index contributed by atoms with van der Waals surface area (Å²) in [6, 6.07) is 3.32. The van der Waals surface area contributed by atoms with Crippen LogP contribution in [0, 0.1) is 6.92 Å². The molecule has 2 amide bonds. The number of aromatic nitrogens is 1.